The average molecular weight is 258 g/mol. The van der Waals surface area contributed by atoms with Crippen LogP contribution in [0.2, 0.25) is 0 Å². The van der Waals surface area contributed by atoms with Crippen molar-refractivity contribution in [2.24, 2.45) is 5.41 Å². The molecular formula is C15H34N2O. The van der Waals surface area contributed by atoms with E-state index >= 15 is 0 Å². The van der Waals surface area contributed by atoms with E-state index in [1.165, 1.54) is 12.8 Å². The molecule has 0 rings (SSSR count). The molecule has 0 aliphatic rings. The first-order chi connectivity index (χ1) is 8.39. The Bertz CT molecular complexity index is 189. The number of hydrogen-bond donors (Lipinski definition) is 1. The van der Waals surface area contributed by atoms with E-state index in [2.05, 4.69) is 51.9 Å². The van der Waals surface area contributed by atoms with Crippen molar-refractivity contribution in [3.63, 3.8) is 0 Å². The van der Waals surface area contributed by atoms with Crippen LogP contribution in [-0.2, 0) is 4.74 Å². The summed E-state index contributed by atoms with van der Waals surface area (Å²) < 4.78 is 5.51. The second kappa shape index (κ2) is 9.76. The smallest absolute Gasteiger partial charge is 0.0590 e. The van der Waals surface area contributed by atoms with Crippen LogP contribution in [0.5, 0.6) is 0 Å². The maximum absolute atomic E-state index is 5.51. The maximum Gasteiger partial charge on any atom is 0.0590 e. The Morgan fingerprint density at radius 2 is 1.83 bits per heavy atom. The summed E-state index contributed by atoms with van der Waals surface area (Å²) in [6, 6.07) is 0.597. The standard InChI is InChI=1S/C15H34N2O/c1-7-8-12-18-13-10-16-9-11-17(6)14(2)15(3,4)5/h14,16H,7-13H2,1-6H3. The fraction of sp³-hybridized carbons (Fsp3) is 1.00. The molecule has 0 saturated carbocycles. The lowest BCUT2D eigenvalue weighted by Crippen LogP contribution is -2.42. The van der Waals surface area contributed by atoms with Crippen LogP contribution in [0.1, 0.15) is 47.5 Å². The van der Waals surface area contributed by atoms with Crippen molar-refractivity contribution in [3.8, 4) is 0 Å². The molecule has 0 aromatic heterocycles. The Balaban J connectivity index is 3.43. The van der Waals surface area contributed by atoms with Crippen LogP contribution in [-0.4, -0.2) is 50.8 Å². The lowest BCUT2D eigenvalue weighted by atomic mass is 9.87. The molecule has 18 heavy (non-hydrogen) atoms. The van der Waals surface area contributed by atoms with Crippen LogP contribution in [0.3, 0.4) is 0 Å². The summed E-state index contributed by atoms with van der Waals surface area (Å²) in [7, 11) is 2.20. The van der Waals surface area contributed by atoms with Gasteiger partial charge in [0.05, 0.1) is 6.61 Å². The zero-order valence-corrected chi connectivity index (χ0v) is 13.4. The van der Waals surface area contributed by atoms with Gasteiger partial charge in [0.2, 0.25) is 0 Å². The predicted molar refractivity (Wildman–Crippen MR) is 80.1 cm³/mol. The summed E-state index contributed by atoms with van der Waals surface area (Å²) in [6.45, 7) is 16.2. The number of rotatable bonds is 10. The number of likely N-dealkylation sites (N-methyl/N-ethyl adjacent to an activating group) is 1. The van der Waals surface area contributed by atoms with Crippen LogP contribution in [0.15, 0.2) is 0 Å². The lowest BCUT2D eigenvalue weighted by Gasteiger charge is -2.35. The highest BCUT2D eigenvalue weighted by Crippen LogP contribution is 2.22. The number of nitrogens with zero attached hydrogens (tertiary/aromatic N) is 1. The summed E-state index contributed by atoms with van der Waals surface area (Å²) in [5.41, 5.74) is 0.345. The zero-order chi connectivity index (χ0) is 14.0. The van der Waals surface area contributed by atoms with Gasteiger partial charge in [0.15, 0.2) is 0 Å². The molecule has 1 N–H and O–H groups in total. The molecule has 1 atom stereocenters. The molecule has 0 aliphatic heterocycles. The molecule has 0 aromatic rings. The van der Waals surface area contributed by atoms with Crippen molar-refractivity contribution >= 4 is 0 Å². The maximum atomic E-state index is 5.51. The molecular weight excluding hydrogens is 224 g/mol. The molecule has 0 bridgehead atoms. The Morgan fingerprint density at radius 3 is 2.39 bits per heavy atom. The van der Waals surface area contributed by atoms with Gasteiger partial charge in [0.1, 0.15) is 0 Å². The van der Waals surface area contributed by atoms with Crippen LogP contribution >= 0.6 is 0 Å². The monoisotopic (exact) mass is 258 g/mol. The number of unbranched alkanes of at least 4 members (excludes halogenated alkanes) is 1. The topological polar surface area (TPSA) is 24.5 Å². The van der Waals surface area contributed by atoms with E-state index in [-0.39, 0.29) is 0 Å². The number of ether oxygens (including phenoxy) is 1. The van der Waals surface area contributed by atoms with Gasteiger partial charge in [-0.3, -0.25) is 0 Å². The molecule has 3 nitrogen and oxygen atoms in total. The van der Waals surface area contributed by atoms with Gasteiger partial charge < -0.3 is 15.0 Å². The van der Waals surface area contributed by atoms with Crippen LogP contribution in [0, 0.1) is 5.41 Å². The van der Waals surface area contributed by atoms with Crippen molar-refractivity contribution in [3.05, 3.63) is 0 Å². The molecule has 0 aliphatic carbocycles. The number of nitrogens with one attached hydrogen (secondary N) is 1. The van der Waals surface area contributed by atoms with Gasteiger partial charge in [0.25, 0.3) is 0 Å². The van der Waals surface area contributed by atoms with Gasteiger partial charge in [-0.25, -0.2) is 0 Å². The largest absolute Gasteiger partial charge is 0.380 e. The van der Waals surface area contributed by atoms with Gasteiger partial charge in [0, 0.05) is 32.3 Å². The second-order valence-corrected chi connectivity index (χ2v) is 6.24. The van der Waals surface area contributed by atoms with E-state index in [9.17, 15) is 0 Å². The fourth-order valence-corrected chi connectivity index (χ4v) is 1.73. The van der Waals surface area contributed by atoms with Crippen molar-refractivity contribution in [2.45, 2.75) is 53.5 Å². The Kier molecular flexibility index (Phi) is 9.70. The Labute approximate surface area is 114 Å². The van der Waals surface area contributed by atoms with Crippen molar-refractivity contribution in [2.75, 3.05) is 39.9 Å². The highest BCUT2D eigenvalue weighted by atomic mass is 16.5. The van der Waals surface area contributed by atoms with Gasteiger partial charge >= 0.3 is 0 Å². The van der Waals surface area contributed by atoms with E-state index in [1.807, 2.05) is 0 Å². The van der Waals surface area contributed by atoms with Crippen LogP contribution in [0.4, 0.5) is 0 Å². The van der Waals surface area contributed by atoms with Crippen molar-refractivity contribution in [1.82, 2.24) is 10.2 Å². The summed E-state index contributed by atoms with van der Waals surface area (Å²) >= 11 is 0. The van der Waals surface area contributed by atoms with Crippen molar-refractivity contribution < 1.29 is 4.74 Å². The third kappa shape index (κ3) is 8.90. The third-order valence-corrected chi connectivity index (χ3v) is 3.62. The number of hydrogen-bond acceptors (Lipinski definition) is 3. The molecule has 0 fully saturated rings. The normalized spacial score (nSPS) is 14.2. The minimum Gasteiger partial charge on any atom is -0.380 e. The molecule has 1 unspecified atom stereocenters. The molecule has 0 heterocycles. The molecule has 0 radical (unpaired) electrons. The van der Waals surface area contributed by atoms with E-state index < -0.39 is 0 Å². The molecule has 110 valence electrons. The first-order valence-electron chi connectivity index (χ1n) is 7.38. The first kappa shape index (κ1) is 17.9. The Hall–Kier alpha value is -0.120. The lowest BCUT2D eigenvalue weighted by molar-refractivity contribution is 0.126. The summed E-state index contributed by atoms with van der Waals surface area (Å²) in [5.74, 6) is 0. The molecule has 0 saturated heterocycles. The molecule has 3 heteroatoms. The summed E-state index contributed by atoms with van der Waals surface area (Å²) in [5, 5.41) is 3.43. The fourth-order valence-electron chi connectivity index (χ4n) is 1.73. The Morgan fingerprint density at radius 1 is 1.17 bits per heavy atom. The summed E-state index contributed by atoms with van der Waals surface area (Å²) in [4.78, 5) is 2.42. The second-order valence-electron chi connectivity index (χ2n) is 6.24. The summed E-state index contributed by atoms with van der Waals surface area (Å²) in [6.07, 6.45) is 2.38. The van der Waals surface area contributed by atoms with Crippen LogP contribution < -0.4 is 5.32 Å². The minimum atomic E-state index is 0.345. The average Bonchev–Trinajstić information content (AvgIpc) is 2.30. The molecule has 0 amide bonds. The quantitative estimate of drug-likeness (QED) is 0.610. The highest BCUT2D eigenvalue weighted by Gasteiger charge is 2.23. The SMILES string of the molecule is CCCCOCCNCCN(C)C(C)C(C)(C)C. The van der Waals surface area contributed by atoms with Gasteiger partial charge in [-0.05, 0) is 25.8 Å². The van der Waals surface area contributed by atoms with E-state index in [0.29, 0.717) is 11.5 Å². The van der Waals surface area contributed by atoms with Crippen LogP contribution in [0.25, 0.3) is 0 Å². The van der Waals surface area contributed by atoms with E-state index in [4.69, 9.17) is 4.74 Å². The van der Waals surface area contributed by atoms with Gasteiger partial charge in [-0.2, -0.15) is 0 Å². The van der Waals surface area contributed by atoms with E-state index in [0.717, 1.165) is 32.8 Å². The van der Waals surface area contributed by atoms with Gasteiger partial charge in [-0.1, -0.05) is 34.1 Å². The van der Waals surface area contributed by atoms with Crippen molar-refractivity contribution in [1.29, 1.82) is 0 Å². The highest BCUT2D eigenvalue weighted by molar-refractivity contribution is 4.77. The minimum absolute atomic E-state index is 0.345. The van der Waals surface area contributed by atoms with E-state index in [1.54, 1.807) is 0 Å². The first-order valence-corrected chi connectivity index (χ1v) is 7.38. The zero-order valence-electron chi connectivity index (χ0n) is 13.4. The molecule has 0 aromatic carbocycles. The van der Waals surface area contributed by atoms with Gasteiger partial charge in [-0.15, -0.1) is 0 Å². The predicted octanol–water partition coefficient (Wildman–Crippen LogP) is 2.76. The third-order valence-electron chi connectivity index (χ3n) is 3.62. The molecule has 0 spiro atoms.